The number of carboxylic acids is 1. The number of ether oxygens (including phenoxy) is 2. The van der Waals surface area contributed by atoms with E-state index in [-0.39, 0.29) is 29.4 Å². The van der Waals surface area contributed by atoms with Gasteiger partial charge in [0.2, 0.25) is 0 Å². The molecule has 7 heteroatoms. The highest BCUT2D eigenvalue weighted by Gasteiger charge is 2.19. The van der Waals surface area contributed by atoms with Gasteiger partial charge < -0.3 is 19.1 Å². The Morgan fingerprint density at radius 3 is 2.70 bits per heavy atom. The molecule has 0 amide bonds. The van der Waals surface area contributed by atoms with Crippen molar-refractivity contribution in [2.24, 2.45) is 0 Å². The number of aromatic carboxylic acids is 1. The molecular formula is C13H12FNO5. The predicted molar refractivity (Wildman–Crippen MR) is 66.1 cm³/mol. The van der Waals surface area contributed by atoms with Crippen molar-refractivity contribution in [3.8, 4) is 17.1 Å². The molecule has 0 saturated carbocycles. The van der Waals surface area contributed by atoms with Crippen molar-refractivity contribution in [2.45, 2.75) is 6.61 Å². The molecule has 6 nitrogen and oxygen atoms in total. The zero-order valence-electron chi connectivity index (χ0n) is 10.8. The van der Waals surface area contributed by atoms with Gasteiger partial charge in [0, 0.05) is 13.2 Å². The summed E-state index contributed by atoms with van der Waals surface area (Å²) in [6, 6.07) is 4.08. The molecule has 1 aromatic heterocycles. The molecule has 2 rings (SSSR count). The minimum absolute atomic E-state index is 0.0436. The fraction of sp³-hybridized carbons (Fsp3) is 0.231. The normalized spacial score (nSPS) is 10.6. The molecule has 1 N–H and O–H groups in total. The number of carbonyl (C=O) groups is 1. The third kappa shape index (κ3) is 2.62. The molecule has 106 valence electrons. The number of aromatic nitrogens is 1. The maximum Gasteiger partial charge on any atom is 0.358 e. The van der Waals surface area contributed by atoms with Crippen molar-refractivity contribution >= 4 is 5.97 Å². The van der Waals surface area contributed by atoms with Crippen LogP contribution in [0.15, 0.2) is 22.7 Å². The second kappa shape index (κ2) is 5.70. The van der Waals surface area contributed by atoms with E-state index in [2.05, 4.69) is 5.16 Å². The number of methoxy groups -OCH3 is 2. The molecule has 0 unspecified atom stereocenters. The molecule has 0 saturated heterocycles. The summed E-state index contributed by atoms with van der Waals surface area (Å²) in [7, 11) is 2.80. The van der Waals surface area contributed by atoms with Crippen LogP contribution in [0.2, 0.25) is 0 Å². The molecule has 0 atom stereocenters. The first-order valence-electron chi connectivity index (χ1n) is 5.62. The van der Waals surface area contributed by atoms with Crippen molar-refractivity contribution < 1.29 is 28.3 Å². The minimum atomic E-state index is -1.23. The van der Waals surface area contributed by atoms with Gasteiger partial charge in [0.05, 0.1) is 19.3 Å². The summed E-state index contributed by atoms with van der Waals surface area (Å²) in [5.74, 6) is -1.76. The lowest BCUT2D eigenvalue weighted by Crippen LogP contribution is -1.96. The Morgan fingerprint density at radius 1 is 1.40 bits per heavy atom. The topological polar surface area (TPSA) is 81.8 Å². The Bertz CT molecular complexity index is 638. The maximum atomic E-state index is 13.9. The van der Waals surface area contributed by atoms with Gasteiger partial charge in [-0.3, -0.25) is 0 Å². The summed E-state index contributed by atoms with van der Waals surface area (Å²) >= 11 is 0. The van der Waals surface area contributed by atoms with Gasteiger partial charge in [-0.05, 0) is 17.7 Å². The summed E-state index contributed by atoms with van der Waals surface area (Å²) in [6.07, 6.45) is 0. The summed E-state index contributed by atoms with van der Waals surface area (Å²) in [5.41, 5.74) is 0.577. The van der Waals surface area contributed by atoms with Crippen molar-refractivity contribution in [3.63, 3.8) is 0 Å². The van der Waals surface area contributed by atoms with E-state index in [1.54, 1.807) is 6.07 Å². The standard InChI is InChI=1S/C13H12FNO5/c1-18-6-7-3-8(12(19-2)9(14)4-7)11-5-10(13(16)17)15-20-11/h3-5H,6H2,1-2H3,(H,16,17). The maximum absolute atomic E-state index is 13.9. The number of benzene rings is 1. The smallest absolute Gasteiger partial charge is 0.358 e. The van der Waals surface area contributed by atoms with E-state index in [1.807, 2.05) is 0 Å². The van der Waals surface area contributed by atoms with Crippen LogP contribution in [-0.4, -0.2) is 30.5 Å². The van der Waals surface area contributed by atoms with Crippen LogP contribution in [0, 0.1) is 5.82 Å². The van der Waals surface area contributed by atoms with Gasteiger partial charge in [-0.15, -0.1) is 0 Å². The lowest BCUT2D eigenvalue weighted by Gasteiger charge is -2.09. The van der Waals surface area contributed by atoms with Crippen molar-refractivity contribution in [1.82, 2.24) is 5.16 Å². The summed E-state index contributed by atoms with van der Waals surface area (Å²) in [5, 5.41) is 12.2. The molecular weight excluding hydrogens is 269 g/mol. The largest absolute Gasteiger partial charge is 0.493 e. The number of hydrogen-bond acceptors (Lipinski definition) is 5. The number of halogens is 1. The molecule has 0 bridgehead atoms. The van der Waals surface area contributed by atoms with Gasteiger partial charge in [0.25, 0.3) is 0 Å². The quantitative estimate of drug-likeness (QED) is 0.905. The predicted octanol–water partition coefficient (Wildman–Crippen LogP) is 2.33. The van der Waals surface area contributed by atoms with Crippen LogP contribution in [0.25, 0.3) is 11.3 Å². The fourth-order valence-corrected chi connectivity index (χ4v) is 1.79. The molecule has 0 aliphatic heterocycles. The van der Waals surface area contributed by atoms with E-state index in [4.69, 9.17) is 19.1 Å². The number of hydrogen-bond donors (Lipinski definition) is 1. The van der Waals surface area contributed by atoms with Crippen LogP contribution >= 0.6 is 0 Å². The average Bonchev–Trinajstić information content (AvgIpc) is 2.88. The van der Waals surface area contributed by atoms with E-state index < -0.39 is 11.8 Å². The van der Waals surface area contributed by atoms with Crippen LogP contribution in [0.1, 0.15) is 16.1 Å². The fourth-order valence-electron chi connectivity index (χ4n) is 1.79. The number of carboxylic acid groups (broad SMARTS) is 1. The first-order chi connectivity index (χ1) is 9.56. The Labute approximate surface area is 113 Å². The highest BCUT2D eigenvalue weighted by Crippen LogP contribution is 2.34. The van der Waals surface area contributed by atoms with E-state index >= 15 is 0 Å². The SMILES string of the molecule is COCc1cc(F)c(OC)c(-c2cc(C(=O)O)no2)c1. The zero-order valence-corrected chi connectivity index (χ0v) is 10.8. The van der Waals surface area contributed by atoms with Crippen LogP contribution in [-0.2, 0) is 11.3 Å². The molecule has 1 aromatic carbocycles. The first kappa shape index (κ1) is 14.0. The summed E-state index contributed by atoms with van der Waals surface area (Å²) < 4.78 is 28.8. The Hall–Kier alpha value is -2.41. The lowest BCUT2D eigenvalue weighted by molar-refractivity contribution is 0.0686. The summed E-state index contributed by atoms with van der Waals surface area (Å²) in [4.78, 5) is 10.8. The summed E-state index contributed by atoms with van der Waals surface area (Å²) in [6.45, 7) is 0.202. The van der Waals surface area contributed by atoms with E-state index in [0.717, 1.165) is 0 Å². The van der Waals surface area contributed by atoms with Crippen LogP contribution < -0.4 is 4.74 Å². The van der Waals surface area contributed by atoms with Crippen molar-refractivity contribution in [1.29, 1.82) is 0 Å². The van der Waals surface area contributed by atoms with E-state index in [1.165, 1.54) is 26.4 Å². The molecule has 1 heterocycles. The lowest BCUT2D eigenvalue weighted by atomic mass is 10.1. The van der Waals surface area contributed by atoms with Crippen LogP contribution in [0.3, 0.4) is 0 Å². The molecule has 0 spiro atoms. The van der Waals surface area contributed by atoms with E-state index in [0.29, 0.717) is 5.56 Å². The average molecular weight is 281 g/mol. The zero-order chi connectivity index (χ0) is 14.7. The van der Waals surface area contributed by atoms with Crippen LogP contribution in [0.4, 0.5) is 4.39 Å². The van der Waals surface area contributed by atoms with Gasteiger partial charge in [-0.1, -0.05) is 5.16 Å². The highest BCUT2D eigenvalue weighted by atomic mass is 19.1. The van der Waals surface area contributed by atoms with Crippen molar-refractivity contribution in [3.05, 3.63) is 35.3 Å². The Morgan fingerprint density at radius 2 is 2.15 bits per heavy atom. The monoisotopic (exact) mass is 281 g/mol. The first-order valence-corrected chi connectivity index (χ1v) is 5.62. The van der Waals surface area contributed by atoms with Gasteiger partial charge in [-0.25, -0.2) is 9.18 Å². The van der Waals surface area contributed by atoms with Gasteiger partial charge in [0.15, 0.2) is 23.0 Å². The molecule has 2 aromatic rings. The molecule has 0 fully saturated rings. The van der Waals surface area contributed by atoms with Gasteiger partial charge >= 0.3 is 5.97 Å². The van der Waals surface area contributed by atoms with Crippen LogP contribution in [0.5, 0.6) is 5.75 Å². The molecule has 0 aliphatic carbocycles. The molecule has 0 radical (unpaired) electrons. The van der Waals surface area contributed by atoms with Gasteiger partial charge in [0.1, 0.15) is 0 Å². The second-order valence-electron chi connectivity index (χ2n) is 3.97. The van der Waals surface area contributed by atoms with Gasteiger partial charge in [-0.2, -0.15) is 0 Å². The third-order valence-corrected chi connectivity index (χ3v) is 2.61. The minimum Gasteiger partial charge on any atom is -0.493 e. The van der Waals surface area contributed by atoms with E-state index in [9.17, 15) is 9.18 Å². The number of rotatable bonds is 5. The highest BCUT2D eigenvalue weighted by molar-refractivity contribution is 5.86. The molecule has 20 heavy (non-hydrogen) atoms. The number of nitrogens with zero attached hydrogens (tertiary/aromatic N) is 1. The molecule has 0 aliphatic rings. The Kier molecular flexibility index (Phi) is 3.99. The van der Waals surface area contributed by atoms with Crippen molar-refractivity contribution in [2.75, 3.05) is 14.2 Å². The Balaban J connectivity index is 2.54. The second-order valence-corrected chi connectivity index (χ2v) is 3.97. The third-order valence-electron chi connectivity index (χ3n) is 2.61.